The van der Waals surface area contributed by atoms with Crippen LogP contribution >= 0.6 is 11.6 Å². The quantitative estimate of drug-likeness (QED) is 0.753. The number of hydrogen-bond donors (Lipinski definition) is 1. The van der Waals surface area contributed by atoms with Gasteiger partial charge in [-0.25, -0.2) is 13.1 Å². The van der Waals surface area contributed by atoms with E-state index >= 15 is 0 Å². The lowest BCUT2D eigenvalue weighted by Crippen LogP contribution is -2.38. The fourth-order valence-electron chi connectivity index (χ4n) is 2.23. The molecular weight excluding hydrogens is 328 g/mol. The second kappa shape index (κ2) is 8.12. The number of nitrogens with one attached hydrogen (secondary N) is 1. The summed E-state index contributed by atoms with van der Waals surface area (Å²) in [5.41, 5.74) is 0. The van der Waals surface area contributed by atoms with Crippen molar-refractivity contribution in [3.8, 4) is 5.75 Å². The molecule has 1 fully saturated rings. The monoisotopic (exact) mass is 348 g/mol. The number of nitrogens with zero attached hydrogens (tertiary/aromatic N) is 1. The number of rotatable bonds is 7. The summed E-state index contributed by atoms with van der Waals surface area (Å²) in [5.74, 6) is 0.452. The van der Waals surface area contributed by atoms with Crippen LogP contribution in [0.2, 0.25) is 5.02 Å². The molecule has 1 aliphatic rings. The third-order valence-electron chi connectivity index (χ3n) is 3.48. The Balaban J connectivity index is 1.84. The first-order valence-corrected chi connectivity index (χ1v) is 9.02. The van der Waals surface area contributed by atoms with E-state index in [0.29, 0.717) is 12.3 Å². The van der Waals surface area contributed by atoms with Crippen molar-refractivity contribution >= 4 is 21.6 Å². The van der Waals surface area contributed by atoms with Crippen LogP contribution < -0.4 is 9.46 Å². The highest BCUT2D eigenvalue weighted by molar-refractivity contribution is 7.89. The molecule has 2 rings (SSSR count). The van der Waals surface area contributed by atoms with Crippen LogP contribution in [0.1, 0.15) is 6.42 Å². The first-order valence-electron chi connectivity index (χ1n) is 7.16. The molecule has 1 aliphatic heterocycles. The van der Waals surface area contributed by atoms with Crippen molar-refractivity contribution in [1.82, 2.24) is 9.62 Å². The Morgan fingerprint density at radius 1 is 1.36 bits per heavy atom. The van der Waals surface area contributed by atoms with Crippen molar-refractivity contribution in [2.24, 2.45) is 0 Å². The Bertz CT molecular complexity index is 589. The standard InChI is InChI=1S/C14H21ClN2O4S/c1-20-14-4-3-12(11-13(14)15)22(18,19)16-5-2-6-17-7-9-21-10-8-17/h3-4,11,16H,2,5-10H2,1H3. The highest BCUT2D eigenvalue weighted by atomic mass is 35.5. The molecule has 0 spiro atoms. The second-order valence-electron chi connectivity index (χ2n) is 5.00. The molecule has 1 aromatic carbocycles. The molecule has 0 atom stereocenters. The Kier molecular flexibility index (Phi) is 6.46. The van der Waals surface area contributed by atoms with Crippen LogP contribution in [-0.4, -0.2) is 59.8 Å². The van der Waals surface area contributed by atoms with Crippen molar-refractivity contribution in [2.75, 3.05) is 46.5 Å². The molecule has 0 aliphatic carbocycles. The lowest BCUT2D eigenvalue weighted by atomic mass is 10.3. The normalized spacial score (nSPS) is 16.6. The van der Waals surface area contributed by atoms with Crippen molar-refractivity contribution in [1.29, 1.82) is 0 Å². The minimum Gasteiger partial charge on any atom is -0.495 e. The third kappa shape index (κ3) is 4.82. The fraction of sp³-hybridized carbons (Fsp3) is 0.571. The van der Waals surface area contributed by atoms with E-state index in [9.17, 15) is 8.42 Å². The van der Waals surface area contributed by atoms with Crippen molar-refractivity contribution in [2.45, 2.75) is 11.3 Å². The van der Waals surface area contributed by atoms with E-state index in [0.717, 1.165) is 39.3 Å². The predicted molar refractivity (Wildman–Crippen MR) is 85.1 cm³/mol. The minimum atomic E-state index is -3.54. The lowest BCUT2D eigenvalue weighted by molar-refractivity contribution is 0.0376. The van der Waals surface area contributed by atoms with Crippen LogP contribution in [0.3, 0.4) is 0 Å². The summed E-state index contributed by atoms with van der Waals surface area (Å²) in [7, 11) is -2.06. The van der Waals surface area contributed by atoms with E-state index in [1.54, 1.807) is 6.07 Å². The summed E-state index contributed by atoms with van der Waals surface area (Å²) in [6.07, 6.45) is 0.753. The first kappa shape index (κ1) is 17.5. The molecule has 1 saturated heterocycles. The van der Waals surface area contributed by atoms with Gasteiger partial charge in [0.15, 0.2) is 0 Å². The lowest BCUT2D eigenvalue weighted by Gasteiger charge is -2.26. The van der Waals surface area contributed by atoms with Gasteiger partial charge in [-0.3, -0.25) is 4.90 Å². The number of hydrogen-bond acceptors (Lipinski definition) is 5. The zero-order valence-corrected chi connectivity index (χ0v) is 14.1. The maximum absolute atomic E-state index is 12.2. The second-order valence-corrected chi connectivity index (χ2v) is 7.18. The van der Waals surface area contributed by atoms with Gasteiger partial charge in [-0.1, -0.05) is 11.6 Å². The molecule has 8 heteroatoms. The highest BCUT2D eigenvalue weighted by Crippen LogP contribution is 2.26. The van der Waals surface area contributed by atoms with Gasteiger partial charge in [0, 0.05) is 19.6 Å². The van der Waals surface area contributed by atoms with E-state index in [1.165, 1.54) is 19.2 Å². The van der Waals surface area contributed by atoms with Gasteiger partial charge in [-0.2, -0.15) is 0 Å². The van der Waals surface area contributed by atoms with Crippen LogP contribution in [0, 0.1) is 0 Å². The largest absolute Gasteiger partial charge is 0.495 e. The molecule has 22 heavy (non-hydrogen) atoms. The third-order valence-corrected chi connectivity index (χ3v) is 5.23. The molecule has 0 amide bonds. The van der Waals surface area contributed by atoms with Gasteiger partial charge < -0.3 is 9.47 Å². The van der Waals surface area contributed by atoms with Crippen LogP contribution in [0.15, 0.2) is 23.1 Å². The number of benzene rings is 1. The molecule has 1 N–H and O–H groups in total. The Labute approximate surface area is 136 Å². The number of halogens is 1. The molecule has 124 valence electrons. The van der Waals surface area contributed by atoms with Crippen LogP contribution in [0.25, 0.3) is 0 Å². The smallest absolute Gasteiger partial charge is 0.240 e. The average Bonchev–Trinajstić information content (AvgIpc) is 2.52. The molecule has 0 saturated carbocycles. The van der Waals surface area contributed by atoms with Gasteiger partial charge in [0.2, 0.25) is 10.0 Å². The fourth-order valence-corrected chi connectivity index (χ4v) is 3.65. The number of morpholine rings is 1. The van der Waals surface area contributed by atoms with E-state index < -0.39 is 10.0 Å². The SMILES string of the molecule is COc1ccc(S(=O)(=O)NCCCN2CCOCC2)cc1Cl. The summed E-state index contributed by atoms with van der Waals surface area (Å²) in [5, 5.41) is 0.277. The molecule has 6 nitrogen and oxygen atoms in total. The predicted octanol–water partition coefficient (Wildman–Crippen LogP) is 1.35. The number of ether oxygens (including phenoxy) is 2. The summed E-state index contributed by atoms with van der Waals surface area (Å²) >= 11 is 5.96. The van der Waals surface area contributed by atoms with E-state index in [-0.39, 0.29) is 9.92 Å². The molecule has 0 aromatic heterocycles. The van der Waals surface area contributed by atoms with Crippen molar-refractivity contribution in [3.05, 3.63) is 23.2 Å². The molecular formula is C14H21ClN2O4S. The molecule has 0 bridgehead atoms. The van der Waals surface area contributed by atoms with E-state index in [2.05, 4.69) is 9.62 Å². The Morgan fingerprint density at radius 2 is 2.09 bits per heavy atom. The first-order chi connectivity index (χ1) is 10.5. The van der Waals surface area contributed by atoms with E-state index in [1.807, 2.05) is 0 Å². The highest BCUT2D eigenvalue weighted by Gasteiger charge is 2.16. The van der Waals surface area contributed by atoms with Gasteiger partial charge in [-0.05, 0) is 31.2 Å². The zero-order chi connectivity index (χ0) is 16.0. The molecule has 1 heterocycles. The van der Waals surface area contributed by atoms with Gasteiger partial charge in [0.1, 0.15) is 5.75 Å². The maximum atomic E-state index is 12.2. The average molecular weight is 349 g/mol. The van der Waals surface area contributed by atoms with Gasteiger partial charge in [-0.15, -0.1) is 0 Å². The Morgan fingerprint density at radius 3 is 2.73 bits per heavy atom. The summed E-state index contributed by atoms with van der Waals surface area (Å²) in [4.78, 5) is 2.41. The number of sulfonamides is 1. The topological polar surface area (TPSA) is 67.9 Å². The zero-order valence-electron chi connectivity index (χ0n) is 12.5. The van der Waals surface area contributed by atoms with Gasteiger partial charge in [0.05, 0.1) is 30.2 Å². The molecule has 0 unspecified atom stereocenters. The van der Waals surface area contributed by atoms with Gasteiger partial charge >= 0.3 is 0 Å². The van der Waals surface area contributed by atoms with Crippen LogP contribution in [0.4, 0.5) is 0 Å². The Hall–Kier alpha value is -0.860. The summed E-state index contributed by atoms with van der Waals surface area (Å²) < 4.78 is 37.3. The molecule has 1 aromatic rings. The maximum Gasteiger partial charge on any atom is 0.240 e. The number of methoxy groups -OCH3 is 1. The van der Waals surface area contributed by atoms with Crippen LogP contribution in [-0.2, 0) is 14.8 Å². The summed E-state index contributed by atoms with van der Waals surface area (Å²) in [6, 6.07) is 4.42. The van der Waals surface area contributed by atoms with E-state index in [4.69, 9.17) is 21.1 Å². The van der Waals surface area contributed by atoms with Crippen LogP contribution in [0.5, 0.6) is 5.75 Å². The summed E-state index contributed by atoms with van der Waals surface area (Å²) in [6.45, 7) is 4.55. The van der Waals surface area contributed by atoms with Gasteiger partial charge in [0.25, 0.3) is 0 Å². The minimum absolute atomic E-state index is 0.143. The van der Waals surface area contributed by atoms with Crippen molar-refractivity contribution < 1.29 is 17.9 Å². The molecule has 0 radical (unpaired) electrons. The van der Waals surface area contributed by atoms with Crippen molar-refractivity contribution in [3.63, 3.8) is 0 Å².